The van der Waals surface area contributed by atoms with E-state index in [1.807, 2.05) is 17.8 Å². The summed E-state index contributed by atoms with van der Waals surface area (Å²) in [6.45, 7) is 2.82. The zero-order valence-corrected chi connectivity index (χ0v) is 11.4. The van der Waals surface area contributed by atoms with Gasteiger partial charge in [-0.2, -0.15) is 11.8 Å². The number of thioether (sulfide) groups is 1. The van der Waals surface area contributed by atoms with E-state index >= 15 is 0 Å². The Bertz CT molecular complexity index is 479. The Balaban J connectivity index is 1.95. The zero-order chi connectivity index (χ0) is 12.8. The molecule has 96 valence electrons. The first-order valence-electron chi connectivity index (χ1n) is 6.10. The van der Waals surface area contributed by atoms with Gasteiger partial charge < -0.3 is 10.3 Å². The molecule has 0 bridgehead atoms. The molecule has 0 aliphatic rings. The van der Waals surface area contributed by atoms with Crippen LogP contribution in [0.1, 0.15) is 17.7 Å². The lowest BCUT2D eigenvalue weighted by Gasteiger charge is -1.96. The molecular formula is C14H18N2OS. The first-order chi connectivity index (χ1) is 8.79. The van der Waals surface area contributed by atoms with Crippen LogP contribution >= 0.6 is 11.8 Å². The lowest BCUT2D eigenvalue weighted by molar-refractivity contribution is 0.397. The van der Waals surface area contributed by atoms with Gasteiger partial charge in [-0.15, -0.1) is 0 Å². The molecule has 0 radical (unpaired) electrons. The van der Waals surface area contributed by atoms with E-state index < -0.39 is 0 Å². The Hall–Kier alpha value is -1.26. The maximum absolute atomic E-state index is 5.45. The summed E-state index contributed by atoms with van der Waals surface area (Å²) in [5.41, 5.74) is 8.71. The molecule has 18 heavy (non-hydrogen) atoms. The number of hydrogen-bond acceptors (Lipinski definition) is 4. The summed E-state index contributed by atoms with van der Waals surface area (Å²) in [4.78, 5) is 0. The number of aromatic nitrogens is 1. The van der Waals surface area contributed by atoms with Crippen molar-refractivity contribution in [3.05, 3.63) is 41.7 Å². The van der Waals surface area contributed by atoms with Crippen LogP contribution in [0.4, 0.5) is 0 Å². The van der Waals surface area contributed by atoms with Crippen molar-refractivity contribution in [3.63, 3.8) is 0 Å². The monoisotopic (exact) mass is 262 g/mol. The van der Waals surface area contributed by atoms with Crippen molar-refractivity contribution in [3.8, 4) is 11.3 Å². The molecule has 1 aromatic carbocycles. The van der Waals surface area contributed by atoms with Gasteiger partial charge in [-0.25, -0.2) is 0 Å². The summed E-state index contributed by atoms with van der Waals surface area (Å²) in [5.74, 6) is 2.85. The summed E-state index contributed by atoms with van der Waals surface area (Å²) < 4.78 is 5.33. The van der Waals surface area contributed by atoms with Gasteiger partial charge in [0, 0.05) is 11.6 Å². The highest BCUT2D eigenvalue weighted by Crippen LogP contribution is 2.22. The molecule has 2 aromatic rings. The normalized spacial score (nSPS) is 10.8. The van der Waals surface area contributed by atoms with Crippen molar-refractivity contribution in [1.82, 2.24) is 5.16 Å². The van der Waals surface area contributed by atoms with Gasteiger partial charge >= 0.3 is 0 Å². The predicted octanol–water partition coefficient (Wildman–Crippen LogP) is 3.23. The molecule has 1 aromatic heterocycles. The lowest BCUT2D eigenvalue weighted by atomic mass is 10.1. The van der Waals surface area contributed by atoms with Gasteiger partial charge in [-0.3, -0.25) is 0 Å². The van der Waals surface area contributed by atoms with Crippen molar-refractivity contribution >= 4 is 11.8 Å². The van der Waals surface area contributed by atoms with Crippen LogP contribution in [0.3, 0.4) is 0 Å². The maximum atomic E-state index is 5.45. The fourth-order valence-corrected chi connectivity index (χ4v) is 2.45. The van der Waals surface area contributed by atoms with E-state index in [0.717, 1.165) is 41.5 Å². The van der Waals surface area contributed by atoms with Crippen LogP contribution in [-0.4, -0.2) is 17.5 Å². The second kappa shape index (κ2) is 6.61. The van der Waals surface area contributed by atoms with Crippen LogP contribution in [0.15, 0.2) is 34.9 Å². The molecule has 2 rings (SSSR count). The Kier molecular flexibility index (Phi) is 4.84. The third-order valence-electron chi connectivity index (χ3n) is 2.64. The number of nitrogens with zero attached hydrogens (tertiary/aromatic N) is 1. The van der Waals surface area contributed by atoms with Gasteiger partial charge in [0.25, 0.3) is 0 Å². The first kappa shape index (κ1) is 13.2. The van der Waals surface area contributed by atoms with Gasteiger partial charge in [0.1, 0.15) is 11.5 Å². The molecule has 3 nitrogen and oxygen atoms in total. The van der Waals surface area contributed by atoms with Gasteiger partial charge in [0.2, 0.25) is 0 Å². The zero-order valence-electron chi connectivity index (χ0n) is 10.6. The molecule has 0 amide bonds. The Morgan fingerprint density at radius 2 is 2.06 bits per heavy atom. The summed E-state index contributed by atoms with van der Waals surface area (Å²) >= 11 is 1.83. The van der Waals surface area contributed by atoms with Crippen LogP contribution in [0, 0.1) is 6.92 Å². The fourth-order valence-electron chi connectivity index (χ4n) is 1.60. The van der Waals surface area contributed by atoms with Crippen molar-refractivity contribution in [2.24, 2.45) is 5.73 Å². The molecule has 0 fully saturated rings. The van der Waals surface area contributed by atoms with Gasteiger partial charge in [-0.1, -0.05) is 35.0 Å². The number of rotatable bonds is 6. The largest absolute Gasteiger partial charge is 0.360 e. The van der Waals surface area contributed by atoms with Crippen molar-refractivity contribution in [2.75, 3.05) is 12.3 Å². The fraction of sp³-hybridized carbons (Fsp3) is 0.357. The highest BCUT2D eigenvalue weighted by Gasteiger charge is 2.06. The summed E-state index contributed by atoms with van der Waals surface area (Å²) in [6.07, 6.45) is 1.05. The Morgan fingerprint density at radius 3 is 2.78 bits per heavy atom. The van der Waals surface area contributed by atoms with Gasteiger partial charge in [0.15, 0.2) is 0 Å². The van der Waals surface area contributed by atoms with Crippen LogP contribution < -0.4 is 5.73 Å². The Morgan fingerprint density at radius 1 is 1.28 bits per heavy atom. The smallest absolute Gasteiger partial charge is 0.147 e. The summed E-state index contributed by atoms with van der Waals surface area (Å²) in [6, 6.07) is 10.3. The molecule has 2 N–H and O–H groups in total. The quantitative estimate of drug-likeness (QED) is 0.812. The molecular weight excluding hydrogens is 244 g/mol. The van der Waals surface area contributed by atoms with Crippen LogP contribution in [-0.2, 0) is 5.75 Å². The first-order valence-corrected chi connectivity index (χ1v) is 7.25. The van der Waals surface area contributed by atoms with E-state index in [4.69, 9.17) is 10.3 Å². The number of hydrogen-bond donors (Lipinski definition) is 1. The highest BCUT2D eigenvalue weighted by atomic mass is 32.2. The average molecular weight is 262 g/mol. The SMILES string of the molecule is Cc1ccc(-c2cc(CSCCCN)on2)cc1. The molecule has 0 unspecified atom stereocenters. The molecule has 0 aliphatic carbocycles. The van der Waals surface area contributed by atoms with E-state index in [1.54, 1.807) is 0 Å². The minimum absolute atomic E-state index is 0.748. The molecule has 0 atom stereocenters. The summed E-state index contributed by atoms with van der Waals surface area (Å²) in [5, 5.41) is 4.10. The second-order valence-corrected chi connectivity index (χ2v) is 5.34. The van der Waals surface area contributed by atoms with Crippen LogP contribution in [0.5, 0.6) is 0 Å². The molecule has 0 aliphatic heterocycles. The third kappa shape index (κ3) is 3.62. The topological polar surface area (TPSA) is 52.0 Å². The predicted molar refractivity (Wildman–Crippen MR) is 76.5 cm³/mol. The average Bonchev–Trinajstić information content (AvgIpc) is 2.84. The van der Waals surface area contributed by atoms with E-state index in [9.17, 15) is 0 Å². The maximum Gasteiger partial charge on any atom is 0.147 e. The van der Waals surface area contributed by atoms with Crippen LogP contribution in [0.2, 0.25) is 0 Å². The molecule has 0 saturated heterocycles. The van der Waals surface area contributed by atoms with Crippen molar-refractivity contribution in [1.29, 1.82) is 0 Å². The summed E-state index contributed by atoms with van der Waals surface area (Å²) in [7, 11) is 0. The highest BCUT2D eigenvalue weighted by molar-refractivity contribution is 7.98. The minimum Gasteiger partial charge on any atom is -0.360 e. The molecule has 1 heterocycles. The molecule has 4 heteroatoms. The third-order valence-corrected chi connectivity index (χ3v) is 3.71. The lowest BCUT2D eigenvalue weighted by Crippen LogP contribution is -1.99. The van der Waals surface area contributed by atoms with E-state index in [2.05, 4.69) is 36.3 Å². The van der Waals surface area contributed by atoms with E-state index in [1.165, 1.54) is 5.56 Å². The van der Waals surface area contributed by atoms with E-state index in [-0.39, 0.29) is 0 Å². The number of aryl methyl sites for hydroxylation is 1. The van der Waals surface area contributed by atoms with E-state index in [0.29, 0.717) is 0 Å². The van der Waals surface area contributed by atoms with Crippen molar-refractivity contribution in [2.45, 2.75) is 19.1 Å². The van der Waals surface area contributed by atoms with Crippen molar-refractivity contribution < 1.29 is 4.52 Å². The number of benzene rings is 1. The molecule has 0 saturated carbocycles. The Labute approximate surface area is 112 Å². The second-order valence-electron chi connectivity index (χ2n) is 4.24. The standard InChI is InChI=1S/C14H18N2OS/c1-11-3-5-12(6-4-11)14-9-13(17-16-14)10-18-8-2-7-15/h3-6,9H,2,7-8,10,15H2,1H3. The van der Waals surface area contributed by atoms with Gasteiger partial charge in [0.05, 0.1) is 5.75 Å². The minimum atomic E-state index is 0.748. The number of nitrogens with two attached hydrogens (primary N) is 1. The van der Waals surface area contributed by atoms with Crippen LogP contribution in [0.25, 0.3) is 11.3 Å². The molecule has 0 spiro atoms. The van der Waals surface area contributed by atoms with Gasteiger partial charge in [-0.05, 0) is 25.6 Å².